The van der Waals surface area contributed by atoms with Gasteiger partial charge in [-0.1, -0.05) is 41.9 Å². The topological polar surface area (TPSA) is 20.2 Å². The van der Waals surface area contributed by atoms with Crippen molar-refractivity contribution in [2.45, 2.75) is 45.6 Å². The maximum absolute atomic E-state index is 10.9. The van der Waals surface area contributed by atoms with Crippen LogP contribution < -0.4 is 0 Å². The number of benzene rings is 1. The van der Waals surface area contributed by atoms with E-state index in [0.29, 0.717) is 5.92 Å². The van der Waals surface area contributed by atoms with E-state index >= 15 is 0 Å². The van der Waals surface area contributed by atoms with E-state index < -0.39 is 5.60 Å². The van der Waals surface area contributed by atoms with Gasteiger partial charge in [0.15, 0.2) is 0 Å². The lowest BCUT2D eigenvalue weighted by atomic mass is 9.68. The van der Waals surface area contributed by atoms with Gasteiger partial charge in [0.2, 0.25) is 0 Å². The quantitative estimate of drug-likeness (QED) is 0.837. The molecule has 0 heterocycles. The van der Waals surface area contributed by atoms with Crippen molar-refractivity contribution in [3.8, 4) is 0 Å². The van der Waals surface area contributed by atoms with Crippen molar-refractivity contribution in [3.05, 3.63) is 34.3 Å². The Kier molecular flexibility index (Phi) is 4.18. The Morgan fingerprint density at radius 3 is 2.06 bits per heavy atom. The second kappa shape index (κ2) is 5.34. The van der Waals surface area contributed by atoms with Crippen LogP contribution in [0.2, 0.25) is 0 Å². The Labute approximate surface area is 119 Å². The summed E-state index contributed by atoms with van der Waals surface area (Å²) in [6.45, 7) is 6.59. The van der Waals surface area contributed by atoms with Crippen LogP contribution in [0.5, 0.6) is 0 Å². The Morgan fingerprint density at radius 2 is 1.56 bits per heavy atom. The van der Waals surface area contributed by atoms with Gasteiger partial charge < -0.3 is 5.11 Å². The predicted molar refractivity (Wildman–Crippen MR) is 79.4 cm³/mol. The zero-order chi connectivity index (χ0) is 13.3. The van der Waals surface area contributed by atoms with Crippen molar-refractivity contribution < 1.29 is 5.11 Å². The molecule has 1 aromatic rings. The summed E-state index contributed by atoms with van der Waals surface area (Å²) in [6, 6.07) is 8.10. The van der Waals surface area contributed by atoms with Gasteiger partial charge in [-0.2, -0.15) is 0 Å². The third kappa shape index (κ3) is 2.97. The van der Waals surface area contributed by atoms with Gasteiger partial charge in [0.05, 0.1) is 5.60 Å². The molecule has 1 nitrogen and oxygen atoms in total. The van der Waals surface area contributed by atoms with Crippen LogP contribution in [0.1, 0.15) is 45.6 Å². The summed E-state index contributed by atoms with van der Waals surface area (Å²) in [5, 5.41) is 10.9. The average Bonchev–Trinajstić information content (AvgIpc) is 2.28. The Balaban J connectivity index is 2.21. The van der Waals surface area contributed by atoms with Crippen LogP contribution in [0.15, 0.2) is 28.7 Å². The molecule has 2 heteroatoms. The van der Waals surface area contributed by atoms with Gasteiger partial charge in [0, 0.05) is 4.47 Å². The molecule has 0 aliphatic heterocycles. The Bertz CT molecular complexity index is 386. The van der Waals surface area contributed by atoms with E-state index in [1.165, 1.54) is 6.42 Å². The summed E-state index contributed by atoms with van der Waals surface area (Å²) in [4.78, 5) is 0. The molecule has 1 aliphatic carbocycles. The molecule has 1 fully saturated rings. The number of halogens is 1. The van der Waals surface area contributed by atoms with Gasteiger partial charge in [-0.05, 0) is 61.6 Å². The highest BCUT2D eigenvalue weighted by molar-refractivity contribution is 9.10. The molecule has 1 saturated carbocycles. The van der Waals surface area contributed by atoms with Crippen LogP contribution in [0.3, 0.4) is 0 Å². The fourth-order valence-electron chi connectivity index (χ4n) is 3.43. The van der Waals surface area contributed by atoms with E-state index in [-0.39, 0.29) is 0 Å². The molecule has 100 valence electrons. The summed E-state index contributed by atoms with van der Waals surface area (Å²) in [5.74, 6) is 1.82. The van der Waals surface area contributed by atoms with Crippen molar-refractivity contribution in [1.82, 2.24) is 0 Å². The van der Waals surface area contributed by atoms with Gasteiger partial charge in [0.1, 0.15) is 0 Å². The van der Waals surface area contributed by atoms with E-state index in [0.717, 1.165) is 34.7 Å². The summed E-state index contributed by atoms with van der Waals surface area (Å²) in [5.41, 5.74) is 0.334. The Hall–Kier alpha value is -0.340. The minimum atomic E-state index is -0.705. The molecule has 0 spiro atoms. The second-order valence-electron chi connectivity index (χ2n) is 6.27. The first-order valence-electron chi connectivity index (χ1n) is 6.88. The minimum Gasteiger partial charge on any atom is -0.385 e. The van der Waals surface area contributed by atoms with Crippen LogP contribution in [-0.4, -0.2) is 5.11 Å². The standard InChI is InChI=1S/C16H23BrO/c1-11-8-12(2)10-14(9-11)16(3,18)13-4-6-15(17)7-5-13/h4-7,11-12,14,18H,8-10H2,1-3H3. The first-order valence-corrected chi connectivity index (χ1v) is 7.67. The average molecular weight is 311 g/mol. The molecule has 2 rings (SSSR count). The summed E-state index contributed by atoms with van der Waals surface area (Å²) in [6.07, 6.45) is 3.56. The van der Waals surface area contributed by atoms with Crippen molar-refractivity contribution in [2.24, 2.45) is 17.8 Å². The number of aliphatic hydroxyl groups is 1. The van der Waals surface area contributed by atoms with Crippen LogP contribution in [0.4, 0.5) is 0 Å². The molecule has 0 radical (unpaired) electrons. The first-order chi connectivity index (χ1) is 8.39. The molecule has 0 bridgehead atoms. The summed E-state index contributed by atoms with van der Waals surface area (Å²) >= 11 is 3.45. The zero-order valence-corrected chi connectivity index (χ0v) is 13.1. The lowest BCUT2D eigenvalue weighted by molar-refractivity contribution is -0.0387. The summed E-state index contributed by atoms with van der Waals surface area (Å²) < 4.78 is 1.06. The van der Waals surface area contributed by atoms with Gasteiger partial charge in [-0.15, -0.1) is 0 Å². The SMILES string of the molecule is CC1CC(C)CC(C(C)(O)c2ccc(Br)cc2)C1. The molecule has 3 unspecified atom stereocenters. The predicted octanol–water partition coefficient (Wildman–Crippen LogP) is 4.73. The normalized spacial score (nSPS) is 31.9. The second-order valence-corrected chi connectivity index (χ2v) is 7.18. The van der Waals surface area contributed by atoms with E-state index in [2.05, 4.69) is 29.8 Å². The lowest BCUT2D eigenvalue weighted by Crippen LogP contribution is -2.37. The minimum absolute atomic E-state index is 0.373. The van der Waals surface area contributed by atoms with Gasteiger partial charge in [-0.25, -0.2) is 0 Å². The van der Waals surface area contributed by atoms with E-state index in [4.69, 9.17) is 0 Å². The maximum Gasteiger partial charge on any atom is 0.0896 e. The molecule has 1 aromatic carbocycles. The molecule has 0 saturated heterocycles. The molecule has 0 amide bonds. The molecular weight excluding hydrogens is 288 g/mol. The maximum atomic E-state index is 10.9. The number of rotatable bonds is 2. The highest BCUT2D eigenvalue weighted by atomic mass is 79.9. The van der Waals surface area contributed by atoms with Crippen molar-refractivity contribution in [1.29, 1.82) is 0 Å². The largest absolute Gasteiger partial charge is 0.385 e. The number of hydrogen-bond acceptors (Lipinski definition) is 1. The third-order valence-electron chi connectivity index (χ3n) is 4.40. The first kappa shape index (κ1) is 14.1. The third-order valence-corrected chi connectivity index (χ3v) is 4.93. The van der Waals surface area contributed by atoms with Crippen molar-refractivity contribution in [2.75, 3.05) is 0 Å². The fraction of sp³-hybridized carbons (Fsp3) is 0.625. The molecule has 1 N–H and O–H groups in total. The molecular formula is C16H23BrO. The van der Waals surface area contributed by atoms with Gasteiger partial charge in [-0.3, -0.25) is 0 Å². The number of hydrogen-bond donors (Lipinski definition) is 1. The van der Waals surface area contributed by atoms with Gasteiger partial charge >= 0.3 is 0 Å². The van der Waals surface area contributed by atoms with Crippen LogP contribution >= 0.6 is 15.9 Å². The lowest BCUT2D eigenvalue weighted by Gasteiger charge is -2.40. The smallest absolute Gasteiger partial charge is 0.0896 e. The van der Waals surface area contributed by atoms with E-state index in [1.807, 2.05) is 31.2 Å². The van der Waals surface area contributed by atoms with Crippen LogP contribution in [0, 0.1) is 17.8 Å². The zero-order valence-electron chi connectivity index (χ0n) is 11.5. The Morgan fingerprint density at radius 1 is 1.06 bits per heavy atom. The molecule has 0 aromatic heterocycles. The molecule has 3 atom stereocenters. The van der Waals surface area contributed by atoms with Crippen LogP contribution in [0.25, 0.3) is 0 Å². The van der Waals surface area contributed by atoms with Crippen LogP contribution in [-0.2, 0) is 5.60 Å². The van der Waals surface area contributed by atoms with Crippen molar-refractivity contribution in [3.63, 3.8) is 0 Å². The van der Waals surface area contributed by atoms with E-state index in [9.17, 15) is 5.11 Å². The monoisotopic (exact) mass is 310 g/mol. The molecule has 1 aliphatic rings. The molecule has 18 heavy (non-hydrogen) atoms. The van der Waals surface area contributed by atoms with Gasteiger partial charge in [0.25, 0.3) is 0 Å². The fourth-order valence-corrected chi connectivity index (χ4v) is 3.69. The highest BCUT2D eigenvalue weighted by Gasteiger charge is 2.38. The summed E-state index contributed by atoms with van der Waals surface area (Å²) in [7, 11) is 0. The van der Waals surface area contributed by atoms with E-state index in [1.54, 1.807) is 0 Å². The highest BCUT2D eigenvalue weighted by Crippen LogP contribution is 2.43. The van der Waals surface area contributed by atoms with Crippen molar-refractivity contribution >= 4 is 15.9 Å².